The Labute approximate surface area is 103 Å². The second kappa shape index (κ2) is 7.97. The van der Waals surface area contributed by atoms with E-state index in [1.54, 1.807) is 6.33 Å². The van der Waals surface area contributed by atoms with Gasteiger partial charge in [0.1, 0.15) is 12.1 Å². The summed E-state index contributed by atoms with van der Waals surface area (Å²) < 4.78 is 10.9. The Balaban J connectivity index is 2.46. The molecule has 0 bridgehead atoms. The summed E-state index contributed by atoms with van der Waals surface area (Å²) in [5, 5.41) is 3.19. The normalized spacial score (nSPS) is 10.8. The molecule has 0 fully saturated rings. The number of hydrogen-bond donors (Lipinski definition) is 1. The molecule has 0 aliphatic carbocycles. The summed E-state index contributed by atoms with van der Waals surface area (Å²) in [5.41, 5.74) is 1.02. The molecule has 0 unspecified atom stereocenters. The van der Waals surface area contributed by atoms with E-state index in [-0.39, 0.29) is 6.29 Å². The summed E-state index contributed by atoms with van der Waals surface area (Å²) in [5.74, 6) is 0.807. The molecule has 0 radical (unpaired) electrons. The van der Waals surface area contributed by atoms with Gasteiger partial charge in [0.2, 0.25) is 0 Å². The lowest BCUT2D eigenvalue weighted by Crippen LogP contribution is -2.26. The Morgan fingerprint density at radius 3 is 2.47 bits per heavy atom. The Morgan fingerprint density at radius 1 is 1.18 bits per heavy atom. The van der Waals surface area contributed by atoms with Crippen molar-refractivity contribution in [2.24, 2.45) is 0 Å². The lowest BCUT2D eigenvalue weighted by molar-refractivity contribution is -0.126. The van der Waals surface area contributed by atoms with Crippen molar-refractivity contribution in [1.29, 1.82) is 0 Å². The number of hydrogen-bond acceptors (Lipinski definition) is 5. The van der Waals surface area contributed by atoms with E-state index in [1.807, 2.05) is 19.9 Å². The van der Waals surface area contributed by atoms with Crippen LogP contribution in [0.25, 0.3) is 0 Å². The van der Waals surface area contributed by atoms with Crippen molar-refractivity contribution in [2.75, 3.05) is 25.1 Å². The van der Waals surface area contributed by atoms with E-state index in [0.29, 0.717) is 19.8 Å². The summed E-state index contributed by atoms with van der Waals surface area (Å²) in [6.45, 7) is 7.82. The van der Waals surface area contributed by atoms with E-state index in [0.717, 1.165) is 17.9 Å². The van der Waals surface area contributed by atoms with Gasteiger partial charge < -0.3 is 14.8 Å². The van der Waals surface area contributed by atoms with Crippen molar-refractivity contribution in [1.82, 2.24) is 9.97 Å². The average Bonchev–Trinajstić information content (AvgIpc) is 2.37. The second-order valence-corrected chi connectivity index (χ2v) is 3.47. The van der Waals surface area contributed by atoms with Gasteiger partial charge in [0, 0.05) is 25.0 Å². The molecule has 5 nitrogen and oxygen atoms in total. The molecular formula is C12H21N3O2. The largest absolute Gasteiger partial charge is 0.365 e. The molecule has 0 aliphatic heterocycles. The minimum Gasteiger partial charge on any atom is -0.365 e. The smallest absolute Gasteiger partial charge is 0.174 e. The average molecular weight is 239 g/mol. The third-order valence-corrected chi connectivity index (χ3v) is 2.24. The summed E-state index contributed by atoms with van der Waals surface area (Å²) in [6.07, 6.45) is 2.24. The molecule has 1 rings (SSSR count). The first-order chi connectivity index (χ1) is 8.30. The highest BCUT2D eigenvalue weighted by Gasteiger charge is 2.07. The first kappa shape index (κ1) is 13.9. The lowest BCUT2D eigenvalue weighted by atomic mass is 10.3. The molecule has 0 atom stereocenters. The highest BCUT2D eigenvalue weighted by molar-refractivity contribution is 5.34. The molecule has 1 N–H and O–H groups in total. The SMILES string of the molecule is CCOC(CNc1cc(CC)ncn1)OCC. The van der Waals surface area contributed by atoms with Crippen molar-refractivity contribution in [3.05, 3.63) is 18.1 Å². The number of ether oxygens (including phenoxy) is 2. The zero-order valence-corrected chi connectivity index (χ0v) is 10.8. The molecule has 0 amide bonds. The number of nitrogens with one attached hydrogen (secondary N) is 1. The number of anilines is 1. The number of aromatic nitrogens is 2. The molecule has 1 aromatic rings. The van der Waals surface area contributed by atoms with Gasteiger partial charge in [-0.3, -0.25) is 0 Å². The van der Waals surface area contributed by atoms with Crippen molar-refractivity contribution in [3.8, 4) is 0 Å². The quantitative estimate of drug-likeness (QED) is 0.702. The van der Waals surface area contributed by atoms with Gasteiger partial charge in [0.15, 0.2) is 6.29 Å². The molecule has 0 aliphatic rings. The topological polar surface area (TPSA) is 56.3 Å². The van der Waals surface area contributed by atoms with Crippen LogP contribution in [0.15, 0.2) is 12.4 Å². The summed E-state index contributed by atoms with van der Waals surface area (Å²) in [6, 6.07) is 1.94. The van der Waals surface area contributed by atoms with E-state index in [1.165, 1.54) is 0 Å². The summed E-state index contributed by atoms with van der Waals surface area (Å²) in [7, 11) is 0. The fraction of sp³-hybridized carbons (Fsp3) is 0.667. The summed E-state index contributed by atoms with van der Waals surface area (Å²) >= 11 is 0. The van der Waals surface area contributed by atoms with Crippen LogP contribution in [0.5, 0.6) is 0 Å². The van der Waals surface area contributed by atoms with Crippen LogP contribution in [0.2, 0.25) is 0 Å². The van der Waals surface area contributed by atoms with Gasteiger partial charge in [-0.05, 0) is 20.3 Å². The van der Waals surface area contributed by atoms with Crippen molar-refractivity contribution in [3.63, 3.8) is 0 Å². The number of nitrogens with zero attached hydrogens (tertiary/aromatic N) is 2. The van der Waals surface area contributed by atoms with Gasteiger partial charge in [0.25, 0.3) is 0 Å². The van der Waals surface area contributed by atoms with Crippen molar-refractivity contribution in [2.45, 2.75) is 33.5 Å². The fourth-order valence-corrected chi connectivity index (χ4v) is 1.41. The van der Waals surface area contributed by atoms with Crippen molar-refractivity contribution < 1.29 is 9.47 Å². The zero-order chi connectivity index (χ0) is 12.5. The molecule has 1 heterocycles. The maximum atomic E-state index is 5.43. The first-order valence-electron chi connectivity index (χ1n) is 6.08. The van der Waals surface area contributed by atoms with Crippen LogP contribution in [0.3, 0.4) is 0 Å². The Morgan fingerprint density at radius 2 is 1.88 bits per heavy atom. The zero-order valence-electron chi connectivity index (χ0n) is 10.8. The van der Waals surface area contributed by atoms with E-state index in [4.69, 9.17) is 9.47 Å². The first-order valence-corrected chi connectivity index (χ1v) is 6.08. The standard InChI is InChI=1S/C12H21N3O2/c1-4-10-7-11(15-9-14-10)13-8-12(16-5-2)17-6-3/h7,9,12H,4-6,8H2,1-3H3,(H,13,14,15). The second-order valence-electron chi connectivity index (χ2n) is 3.47. The molecule has 0 saturated heterocycles. The van der Waals surface area contributed by atoms with Crippen LogP contribution in [-0.2, 0) is 15.9 Å². The molecule has 0 spiro atoms. The van der Waals surface area contributed by atoms with Crippen LogP contribution < -0.4 is 5.32 Å². The maximum absolute atomic E-state index is 5.43. The summed E-state index contributed by atoms with van der Waals surface area (Å²) in [4.78, 5) is 8.29. The molecular weight excluding hydrogens is 218 g/mol. The third kappa shape index (κ3) is 5.10. The van der Waals surface area contributed by atoms with E-state index < -0.39 is 0 Å². The van der Waals surface area contributed by atoms with Crippen molar-refractivity contribution >= 4 is 5.82 Å². The predicted octanol–water partition coefficient (Wildman–Crippen LogP) is 1.85. The van der Waals surface area contributed by atoms with E-state index >= 15 is 0 Å². The third-order valence-electron chi connectivity index (χ3n) is 2.24. The Kier molecular flexibility index (Phi) is 6.50. The van der Waals surface area contributed by atoms with Crippen LogP contribution in [0.4, 0.5) is 5.82 Å². The van der Waals surface area contributed by atoms with Crippen LogP contribution in [-0.4, -0.2) is 36.0 Å². The van der Waals surface area contributed by atoms with Gasteiger partial charge in [-0.1, -0.05) is 6.92 Å². The highest BCUT2D eigenvalue weighted by atomic mass is 16.7. The van der Waals surface area contributed by atoms with Crippen LogP contribution >= 0.6 is 0 Å². The number of rotatable bonds is 8. The van der Waals surface area contributed by atoms with Gasteiger partial charge in [0.05, 0.1) is 6.54 Å². The highest BCUT2D eigenvalue weighted by Crippen LogP contribution is 2.05. The van der Waals surface area contributed by atoms with Crippen LogP contribution in [0.1, 0.15) is 26.5 Å². The molecule has 0 aromatic carbocycles. The van der Waals surface area contributed by atoms with Gasteiger partial charge in [-0.25, -0.2) is 9.97 Å². The minimum absolute atomic E-state index is 0.231. The molecule has 17 heavy (non-hydrogen) atoms. The Hall–Kier alpha value is -1.20. The predicted molar refractivity (Wildman–Crippen MR) is 66.9 cm³/mol. The van der Waals surface area contributed by atoms with E-state index in [2.05, 4.69) is 22.2 Å². The molecule has 0 saturated carbocycles. The minimum atomic E-state index is -0.231. The fourth-order valence-electron chi connectivity index (χ4n) is 1.41. The molecule has 1 aromatic heterocycles. The maximum Gasteiger partial charge on any atom is 0.174 e. The Bertz CT molecular complexity index is 314. The van der Waals surface area contributed by atoms with Gasteiger partial charge in [-0.2, -0.15) is 0 Å². The van der Waals surface area contributed by atoms with Gasteiger partial charge >= 0.3 is 0 Å². The van der Waals surface area contributed by atoms with Gasteiger partial charge in [-0.15, -0.1) is 0 Å². The lowest BCUT2D eigenvalue weighted by Gasteiger charge is -2.17. The monoisotopic (exact) mass is 239 g/mol. The number of aryl methyl sites for hydroxylation is 1. The van der Waals surface area contributed by atoms with E-state index in [9.17, 15) is 0 Å². The molecule has 96 valence electrons. The van der Waals surface area contributed by atoms with Crippen LogP contribution in [0, 0.1) is 0 Å². The molecule has 5 heteroatoms.